The van der Waals surface area contributed by atoms with Crippen LogP contribution in [0.15, 0.2) is 47.5 Å². The van der Waals surface area contributed by atoms with Gasteiger partial charge in [-0.25, -0.2) is 14.6 Å². The molecular formula is C25H30N6O5. The molecule has 3 aromatic heterocycles. The van der Waals surface area contributed by atoms with Gasteiger partial charge in [-0.3, -0.25) is 4.79 Å². The molecule has 0 fully saturated rings. The van der Waals surface area contributed by atoms with E-state index in [1.54, 1.807) is 29.3 Å². The molecule has 4 aromatic rings. The zero-order chi connectivity index (χ0) is 25.3. The van der Waals surface area contributed by atoms with Crippen LogP contribution in [0.3, 0.4) is 0 Å². The summed E-state index contributed by atoms with van der Waals surface area (Å²) in [5.41, 5.74) is 1.09. The van der Waals surface area contributed by atoms with Crippen LogP contribution in [-0.2, 0) is 13.1 Å². The van der Waals surface area contributed by atoms with Crippen molar-refractivity contribution < 1.29 is 23.4 Å². The zero-order valence-electron chi connectivity index (χ0n) is 20.6. The van der Waals surface area contributed by atoms with Crippen LogP contribution in [0.2, 0.25) is 0 Å². The van der Waals surface area contributed by atoms with E-state index in [0.29, 0.717) is 73.7 Å². The second-order valence-electron chi connectivity index (χ2n) is 7.62. The number of hydrogen-bond donors (Lipinski definition) is 2. The third-order valence-corrected chi connectivity index (χ3v) is 5.22. The van der Waals surface area contributed by atoms with Crippen molar-refractivity contribution in [1.82, 2.24) is 25.1 Å². The summed E-state index contributed by atoms with van der Waals surface area (Å²) in [5.74, 6) is 2.64. The molecule has 1 amide bonds. The van der Waals surface area contributed by atoms with Gasteiger partial charge < -0.3 is 29.3 Å². The number of rotatable bonds is 13. The predicted molar refractivity (Wildman–Crippen MR) is 134 cm³/mol. The minimum Gasteiger partial charge on any atom is -0.490 e. The normalized spacial score (nSPS) is 10.9. The summed E-state index contributed by atoms with van der Waals surface area (Å²) in [5, 5.41) is 11.4. The number of benzene rings is 1. The summed E-state index contributed by atoms with van der Waals surface area (Å²) >= 11 is 0. The second-order valence-corrected chi connectivity index (χ2v) is 7.62. The van der Waals surface area contributed by atoms with E-state index in [0.717, 1.165) is 11.1 Å². The molecule has 0 aliphatic heterocycles. The van der Waals surface area contributed by atoms with Crippen LogP contribution in [-0.4, -0.2) is 52.0 Å². The van der Waals surface area contributed by atoms with E-state index in [-0.39, 0.29) is 5.91 Å². The Labute approximate surface area is 208 Å². The lowest BCUT2D eigenvalue weighted by molar-refractivity contribution is 0.0951. The van der Waals surface area contributed by atoms with Gasteiger partial charge in [0.25, 0.3) is 5.91 Å². The van der Waals surface area contributed by atoms with Crippen LogP contribution in [0.4, 0.5) is 5.82 Å². The summed E-state index contributed by atoms with van der Waals surface area (Å²) in [6, 6.07) is 7.05. The molecule has 2 N–H and O–H groups in total. The highest BCUT2D eigenvalue weighted by atomic mass is 16.5. The Kier molecular flexibility index (Phi) is 8.22. The highest BCUT2D eigenvalue weighted by Crippen LogP contribution is 2.39. The molecule has 11 heteroatoms. The molecule has 1 aromatic carbocycles. The van der Waals surface area contributed by atoms with E-state index >= 15 is 0 Å². The quantitative estimate of drug-likeness (QED) is 0.286. The molecule has 0 atom stereocenters. The fraction of sp³-hybridized carbons (Fsp3) is 0.360. The molecule has 190 valence electrons. The number of anilines is 1. The molecule has 0 saturated heterocycles. The Hall–Kier alpha value is -4.28. The predicted octanol–water partition coefficient (Wildman–Crippen LogP) is 3.66. The molecular weight excluding hydrogens is 464 g/mol. The standard InChI is InChI=1S/C25H30N6O5/c1-4-33-20-12-17(13-21(34-5-2)22(20)35-6-3)25(32)26-9-10-31-24-19(15-30-31)23(28-16-29-24)27-14-18-8-7-11-36-18/h7-8,11-13,15-16H,4-6,9-10,14H2,1-3H3,(H,26,32)(H,27,28,29). The summed E-state index contributed by atoms with van der Waals surface area (Å²) in [7, 11) is 0. The number of furan rings is 1. The Bertz CT molecular complexity index is 1260. The van der Waals surface area contributed by atoms with E-state index < -0.39 is 0 Å². The third-order valence-electron chi connectivity index (χ3n) is 5.22. The lowest BCUT2D eigenvalue weighted by atomic mass is 10.1. The number of hydrogen-bond acceptors (Lipinski definition) is 9. The SMILES string of the molecule is CCOc1cc(C(=O)NCCn2ncc3c(NCc4ccco4)ncnc32)cc(OCC)c1OCC. The fourth-order valence-corrected chi connectivity index (χ4v) is 3.68. The van der Waals surface area contributed by atoms with Crippen molar-refractivity contribution in [3.63, 3.8) is 0 Å². The average molecular weight is 495 g/mol. The maximum atomic E-state index is 12.9. The van der Waals surface area contributed by atoms with Crippen molar-refractivity contribution in [1.29, 1.82) is 0 Å². The number of nitrogens with one attached hydrogen (secondary N) is 2. The van der Waals surface area contributed by atoms with Crippen LogP contribution in [0, 0.1) is 0 Å². The van der Waals surface area contributed by atoms with Crippen LogP contribution in [0.5, 0.6) is 17.2 Å². The number of amides is 1. The third kappa shape index (κ3) is 5.68. The number of carbonyl (C=O) groups is 1. The summed E-state index contributed by atoms with van der Waals surface area (Å²) in [6.45, 7) is 8.22. The molecule has 11 nitrogen and oxygen atoms in total. The molecule has 3 heterocycles. The summed E-state index contributed by atoms with van der Waals surface area (Å²) in [6.07, 6.45) is 4.81. The summed E-state index contributed by atoms with van der Waals surface area (Å²) < 4.78 is 24.2. The molecule has 0 bridgehead atoms. The van der Waals surface area contributed by atoms with Gasteiger partial charge in [-0.2, -0.15) is 5.10 Å². The van der Waals surface area contributed by atoms with E-state index in [1.165, 1.54) is 6.33 Å². The maximum absolute atomic E-state index is 12.9. The first-order valence-electron chi connectivity index (χ1n) is 11.9. The van der Waals surface area contributed by atoms with Crippen LogP contribution in [0.25, 0.3) is 11.0 Å². The van der Waals surface area contributed by atoms with Crippen molar-refractivity contribution in [3.05, 3.63) is 54.4 Å². The van der Waals surface area contributed by atoms with Crippen molar-refractivity contribution in [2.45, 2.75) is 33.9 Å². The van der Waals surface area contributed by atoms with Crippen molar-refractivity contribution in [2.24, 2.45) is 0 Å². The zero-order valence-corrected chi connectivity index (χ0v) is 20.6. The van der Waals surface area contributed by atoms with Gasteiger partial charge in [0.05, 0.1) is 50.8 Å². The molecule has 0 aliphatic carbocycles. The van der Waals surface area contributed by atoms with Crippen LogP contribution >= 0.6 is 0 Å². The molecule has 0 unspecified atom stereocenters. The van der Waals surface area contributed by atoms with E-state index in [9.17, 15) is 4.79 Å². The Morgan fingerprint density at radius 3 is 2.47 bits per heavy atom. The minimum atomic E-state index is -0.258. The van der Waals surface area contributed by atoms with Gasteiger partial charge in [-0.05, 0) is 45.0 Å². The number of carbonyl (C=O) groups excluding carboxylic acids is 1. The van der Waals surface area contributed by atoms with Gasteiger partial charge in [0.2, 0.25) is 5.75 Å². The topological polar surface area (TPSA) is 126 Å². The fourth-order valence-electron chi connectivity index (χ4n) is 3.68. The van der Waals surface area contributed by atoms with Crippen molar-refractivity contribution in [2.75, 3.05) is 31.7 Å². The van der Waals surface area contributed by atoms with Gasteiger partial charge in [-0.15, -0.1) is 0 Å². The summed E-state index contributed by atoms with van der Waals surface area (Å²) in [4.78, 5) is 21.6. The van der Waals surface area contributed by atoms with E-state index in [1.807, 2.05) is 32.9 Å². The van der Waals surface area contributed by atoms with Gasteiger partial charge in [0, 0.05) is 12.1 Å². The lowest BCUT2D eigenvalue weighted by Crippen LogP contribution is -2.27. The molecule has 0 aliphatic rings. The van der Waals surface area contributed by atoms with Crippen molar-refractivity contribution in [3.8, 4) is 17.2 Å². The molecule has 36 heavy (non-hydrogen) atoms. The number of ether oxygens (including phenoxy) is 3. The maximum Gasteiger partial charge on any atom is 0.251 e. The van der Waals surface area contributed by atoms with Crippen LogP contribution in [0.1, 0.15) is 36.9 Å². The first-order valence-corrected chi connectivity index (χ1v) is 11.9. The Morgan fingerprint density at radius 2 is 1.81 bits per heavy atom. The number of aromatic nitrogens is 4. The van der Waals surface area contributed by atoms with Gasteiger partial charge in [0.15, 0.2) is 17.1 Å². The van der Waals surface area contributed by atoms with Crippen molar-refractivity contribution >= 4 is 22.8 Å². The highest BCUT2D eigenvalue weighted by Gasteiger charge is 2.18. The van der Waals surface area contributed by atoms with E-state index in [4.69, 9.17) is 18.6 Å². The smallest absolute Gasteiger partial charge is 0.251 e. The molecule has 0 radical (unpaired) electrons. The first-order chi connectivity index (χ1) is 17.6. The van der Waals surface area contributed by atoms with Gasteiger partial charge >= 0.3 is 0 Å². The molecule has 0 saturated carbocycles. The largest absolute Gasteiger partial charge is 0.490 e. The van der Waals surface area contributed by atoms with Gasteiger partial charge in [0.1, 0.15) is 17.9 Å². The number of fused-ring (bicyclic) bond motifs is 1. The second kappa shape index (κ2) is 11.9. The molecule has 0 spiro atoms. The Balaban J connectivity index is 1.43. The Morgan fingerprint density at radius 1 is 1.06 bits per heavy atom. The first kappa shape index (κ1) is 24.8. The van der Waals surface area contributed by atoms with Gasteiger partial charge in [-0.1, -0.05) is 0 Å². The highest BCUT2D eigenvalue weighted by molar-refractivity contribution is 5.95. The lowest BCUT2D eigenvalue weighted by Gasteiger charge is -2.17. The van der Waals surface area contributed by atoms with Crippen LogP contribution < -0.4 is 24.8 Å². The monoisotopic (exact) mass is 494 g/mol. The molecule has 4 rings (SSSR count). The average Bonchev–Trinajstić information content (AvgIpc) is 3.55. The number of nitrogens with zero attached hydrogens (tertiary/aromatic N) is 4. The van der Waals surface area contributed by atoms with E-state index in [2.05, 4.69) is 25.7 Å². The minimum absolute atomic E-state index is 0.258.